The van der Waals surface area contributed by atoms with Crippen LogP contribution in [0, 0.1) is 0 Å². The van der Waals surface area contributed by atoms with Crippen LogP contribution in [0.1, 0.15) is 44.3 Å². The molecular weight excluding hydrogens is 347 g/mol. The monoisotopic (exact) mass is 367 g/mol. The molecule has 1 aromatic carbocycles. The average Bonchev–Trinajstić information content (AvgIpc) is 3.27. The van der Waals surface area contributed by atoms with E-state index in [0.717, 1.165) is 42.6 Å². The molecule has 1 amide bonds. The Hall–Kier alpha value is -2.51. The Morgan fingerprint density at radius 3 is 2.62 bits per heavy atom. The van der Waals surface area contributed by atoms with Crippen molar-refractivity contribution in [1.82, 2.24) is 9.78 Å². The highest BCUT2D eigenvalue weighted by Gasteiger charge is 2.34. The summed E-state index contributed by atoms with van der Waals surface area (Å²) in [5.74, 6) is 0.0979. The van der Waals surface area contributed by atoms with Crippen LogP contribution in [0.5, 0.6) is 5.75 Å². The summed E-state index contributed by atoms with van der Waals surface area (Å²) < 4.78 is 45.0. The third-order valence-corrected chi connectivity index (χ3v) is 4.42. The number of hydrogen-bond acceptors (Lipinski definition) is 3. The Balaban J connectivity index is 1.70. The van der Waals surface area contributed by atoms with Crippen molar-refractivity contribution in [2.75, 3.05) is 5.32 Å². The molecule has 5 nitrogen and oxygen atoms in total. The van der Waals surface area contributed by atoms with Crippen molar-refractivity contribution in [2.24, 2.45) is 0 Å². The van der Waals surface area contributed by atoms with Gasteiger partial charge >= 0.3 is 6.18 Å². The van der Waals surface area contributed by atoms with E-state index in [4.69, 9.17) is 4.74 Å². The van der Waals surface area contributed by atoms with Gasteiger partial charge in [0.15, 0.2) is 5.69 Å². The molecule has 1 saturated carbocycles. The Bertz CT molecular complexity index is 767. The number of anilines is 1. The molecule has 0 spiro atoms. The number of aromatic nitrogens is 2. The highest BCUT2D eigenvalue weighted by atomic mass is 19.4. The molecule has 8 heteroatoms. The van der Waals surface area contributed by atoms with Crippen LogP contribution in [0.3, 0.4) is 0 Å². The van der Waals surface area contributed by atoms with Crippen molar-refractivity contribution < 1.29 is 22.7 Å². The molecule has 0 aliphatic heterocycles. The van der Waals surface area contributed by atoms with Crippen LogP contribution >= 0.6 is 0 Å². The zero-order valence-corrected chi connectivity index (χ0v) is 14.3. The SMILES string of the molecule is CC(C(=O)Nc1ccccc1OC1CCCC1)n1ccc(C(F)(F)F)n1. The summed E-state index contributed by atoms with van der Waals surface area (Å²) in [6.45, 7) is 1.49. The zero-order valence-electron chi connectivity index (χ0n) is 14.3. The molecule has 1 aliphatic carbocycles. The second-order valence-electron chi connectivity index (χ2n) is 6.36. The van der Waals surface area contributed by atoms with Crippen molar-refractivity contribution >= 4 is 11.6 Å². The quantitative estimate of drug-likeness (QED) is 0.851. The average molecular weight is 367 g/mol. The molecule has 1 unspecified atom stereocenters. The lowest BCUT2D eigenvalue weighted by Gasteiger charge is -2.18. The number of halogens is 3. The molecule has 1 aliphatic rings. The van der Waals surface area contributed by atoms with E-state index in [1.165, 1.54) is 6.92 Å². The van der Waals surface area contributed by atoms with Crippen molar-refractivity contribution in [2.45, 2.75) is 50.9 Å². The number of benzene rings is 1. The number of carbonyl (C=O) groups excluding carboxylic acids is 1. The number of rotatable bonds is 5. The molecule has 2 aromatic rings. The maximum Gasteiger partial charge on any atom is 0.435 e. The fourth-order valence-corrected chi connectivity index (χ4v) is 2.92. The number of para-hydroxylation sites is 2. The standard InChI is InChI=1S/C18H20F3N3O2/c1-12(24-11-10-16(23-24)18(19,20)21)17(25)22-14-8-4-5-9-15(14)26-13-6-2-3-7-13/h4-5,8-13H,2-3,6-7H2,1H3,(H,22,25). The summed E-state index contributed by atoms with van der Waals surface area (Å²) in [5.41, 5.74) is -0.526. The smallest absolute Gasteiger partial charge is 0.435 e. The van der Waals surface area contributed by atoms with Crippen LogP contribution in [-0.2, 0) is 11.0 Å². The van der Waals surface area contributed by atoms with Gasteiger partial charge in [-0.3, -0.25) is 9.48 Å². The van der Waals surface area contributed by atoms with Crippen molar-refractivity contribution in [3.05, 3.63) is 42.2 Å². The van der Waals surface area contributed by atoms with E-state index >= 15 is 0 Å². The molecular formula is C18H20F3N3O2. The minimum atomic E-state index is -4.54. The molecule has 0 radical (unpaired) electrons. The minimum absolute atomic E-state index is 0.130. The van der Waals surface area contributed by atoms with Gasteiger partial charge in [0.05, 0.1) is 11.8 Å². The van der Waals surface area contributed by atoms with Gasteiger partial charge < -0.3 is 10.1 Å². The summed E-state index contributed by atoms with van der Waals surface area (Å²) in [4.78, 5) is 12.5. The molecule has 1 N–H and O–H groups in total. The first-order chi connectivity index (χ1) is 12.3. The molecule has 1 atom stereocenters. The predicted octanol–water partition coefficient (Wildman–Crippen LogP) is 4.42. The largest absolute Gasteiger partial charge is 0.488 e. The first-order valence-corrected chi connectivity index (χ1v) is 8.53. The maximum atomic E-state index is 12.7. The number of alkyl halides is 3. The summed E-state index contributed by atoms with van der Waals surface area (Å²) in [6.07, 6.45) is 0.940. The van der Waals surface area contributed by atoms with Gasteiger partial charge in [0.1, 0.15) is 11.8 Å². The molecule has 1 heterocycles. The second-order valence-corrected chi connectivity index (χ2v) is 6.36. The van der Waals surface area contributed by atoms with Gasteiger partial charge in [-0.25, -0.2) is 0 Å². The van der Waals surface area contributed by atoms with E-state index in [2.05, 4.69) is 10.4 Å². The number of hydrogen-bond donors (Lipinski definition) is 1. The molecule has 140 valence electrons. The molecule has 26 heavy (non-hydrogen) atoms. The number of nitrogens with one attached hydrogen (secondary N) is 1. The molecule has 3 rings (SSSR count). The van der Waals surface area contributed by atoms with Gasteiger partial charge in [0, 0.05) is 6.20 Å². The minimum Gasteiger partial charge on any atom is -0.488 e. The Labute approximate surface area is 149 Å². The third kappa shape index (κ3) is 4.17. The van der Waals surface area contributed by atoms with Gasteiger partial charge in [-0.1, -0.05) is 12.1 Å². The lowest BCUT2D eigenvalue weighted by molar-refractivity contribution is -0.141. The molecule has 1 aromatic heterocycles. The number of ether oxygens (including phenoxy) is 1. The van der Waals surface area contributed by atoms with Gasteiger partial charge in [-0.15, -0.1) is 0 Å². The topological polar surface area (TPSA) is 56.1 Å². The first kappa shape index (κ1) is 18.3. The van der Waals surface area contributed by atoms with E-state index in [9.17, 15) is 18.0 Å². The fourth-order valence-electron chi connectivity index (χ4n) is 2.92. The van der Waals surface area contributed by atoms with E-state index in [-0.39, 0.29) is 6.10 Å². The lowest BCUT2D eigenvalue weighted by Crippen LogP contribution is -2.25. The van der Waals surface area contributed by atoms with E-state index in [1.54, 1.807) is 18.2 Å². The predicted molar refractivity (Wildman–Crippen MR) is 89.9 cm³/mol. The van der Waals surface area contributed by atoms with Gasteiger partial charge in [-0.05, 0) is 50.8 Å². The van der Waals surface area contributed by atoms with Gasteiger partial charge in [-0.2, -0.15) is 18.3 Å². The summed E-state index contributed by atoms with van der Waals surface area (Å²) in [5, 5.41) is 6.17. The number of amides is 1. The van der Waals surface area contributed by atoms with Crippen LogP contribution in [0.4, 0.5) is 18.9 Å². The number of carbonyl (C=O) groups is 1. The van der Waals surface area contributed by atoms with Crippen LogP contribution in [0.15, 0.2) is 36.5 Å². The van der Waals surface area contributed by atoms with Crippen LogP contribution < -0.4 is 10.1 Å². The third-order valence-electron chi connectivity index (χ3n) is 4.42. The van der Waals surface area contributed by atoms with Crippen LogP contribution in [-0.4, -0.2) is 21.8 Å². The summed E-state index contributed by atoms with van der Waals surface area (Å²) >= 11 is 0. The highest BCUT2D eigenvalue weighted by Crippen LogP contribution is 2.31. The fraction of sp³-hybridized carbons (Fsp3) is 0.444. The molecule has 1 fully saturated rings. The Kier molecular flexibility index (Phi) is 5.20. The lowest BCUT2D eigenvalue weighted by atomic mass is 10.2. The van der Waals surface area contributed by atoms with Crippen molar-refractivity contribution in [3.8, 4) is 5.75 Å². The Morgan fingerprint density at radius 1 is 1.27 bits per heavy atom. The van der Waals surface area contributed by atoms with Gasteiger partial charge in [0.2, 0.25) is 5.91 Å². The van der Waals surface area contributed by atoms with Crippen LogP contribution in [0.2, 0.25) is 0 Å². The van der Waals surface area contributed by atoms with Gasteiger partial charge in [0.25, 0.3) is 0 Å². The van der Waals surface area contributed by atoms with Crippen LogP contribution in [0.25, 0.3) is 0 Å². The van der Waals surface area contributed by atoms with E-state index in [0.29, 0.717) is 11.4 Å². The normalized spacial score (nSPS) is 16.5. The number of nitrogens with zero attached hydrogens (tertiary/aromatic N) is 2. The molecule has 0 saturated heterocycles. The Morgan fingerprint density at radius 2 is 1.96 bits per heavy atom. The van der Waals surface area contributed by atoms with E-state index < -0.39 is 23.8 Å². The van der Waals surface area contributed by atoms with Crippen molar-refractivity contribution in [3.63, 3.8) is 0 Å². The summed E-state index contributed by atoms with van der Waals surface area (Å²) in [7, 11) is 0. The first-order valence-electron chi connectivity index (χ1n) is 8.53. The van der Waals surface area contributed by atoms with E-state index in [1.807, 2.05) is 6.07 Å². The maximum absolute atomic E-state index is 12.7. The molecule has 0 bridgehead atoms. The zero-order chi connectivity index (χ0) is 18.7. The summed E-state index contributed by atoms with van der Waals surface area (Å²) in [6, 6.07) is 7.00. The highest BCUT2D eigenvalue weighted by molar-refractivity contribution is 5.94. The van der Waals surface area contributed by atoms with Crippen molar-refractivity contribution in [1.29, 1.82) is 0 Å². The second kappa shape index (κ2) is 7.39.